The number of carboxylic acid groups (broad SMARTS) is 1. The molecule has 0 aliphatic rings. The van der Waals surface area contributed by atoms with Crippen molar-refractivity contribution >= 4 is 46.3 Å². The van der Waals surface area contributed by atoms with E-state index in [1.54, 1.807) is 42.5 Å². The molecule has 2 atom stereocenters. The van der Waals surface area contributed by atoms with E-state index < -0.39 is 19.8 Å². The maximum Gasteiger partial charge on any atom is 0.335 e. The van der Waals surface area contributed by atoms with E-state index in [9.17, 15) is 19.6 Å². The highest BCUT2D eigenvalue weighted by Gasteiger charge is 2.24. The Kier molecular flexibility index (Phi) is 7.27. The lowest BCUT2D eigenvalue weighted by atomic mass is 10.0. The van der Waals surface area contributed by atoms with Crippen molar-refractivity contribution in [3.8, 4) is 17.2 Å². The summed E-state index contributed by atoms with van der Waals surface area (Å²) >= 11 is 6.84. The number of phenolic OH excluding ortho intramolecular Hbond substituents is 1. The van der Waals surface area contributed by atoms with Gasteiger partial charge < -0.3 is 24.6 Å². The molecule has 0 heterocycles. The molecule has 162 valence electrons. The fraction of sp³-hybridized carbons (Fsp3) is 0.136. The molecule has 0 aliphatic carbocycles. The molecule has 3 aromatic carbocycles. The summed E-state index contributed by atoms with van der Waals surface area (Å²) in [6.45, 7) is 1.48. The summed E-state index contributed by atoms with van der Waals surface area (Å²) in [7, 11) is -1.44. The van der Waals surface area contributed by atoms with Gasteiger partial charge in [-0.25, -0.2) is 4.79 Å². The van der Waals surface area contributed by atoms with E-state index in [1.165, 1.54) is 19.1 Å². The number of aromatic hydroxyl groups is 1. The highest BCUT2D eigenvalue weighted by molar-refractivity contribution is 9.11. The molecule has 3 N–H and O–H groups in total. The number of rotatable bonds is 7. The summed E-state index contributed by atoms with van der Waals surface area (Å²) in [5, 5.41) is 28.3. The largest absolute Gasteiger partial charge is 0.508 e. The van der Waals surface area contributed by atoms with Gasteiger partial charge in [-0.2, -0.15) is 0 Å². The van der Waals surface area contributed by atoms with Crippen LogP contribution in [-0.4, -0.2) is 21.3 Å². The predicted molar refractivity (Wildman–Crippen MR) is 126 cm³/mol. The maximum atomic E-state index is 11.3. The van der Waals surface area contributed by atoms with Gasteiger partial charge in [0.2, 0.25) is 0 Å². The molecule has 0 saturated carbocycles. The Morgan fingerprint density at radius 3 is 2.39 bits per heavy atom. The first-order valence-corrected chi connectivity index (χ1v) is 11.7. The number of ether oxygens (including phenoxy) is 1. The molecule has 6 nitrogen and oxygen atoms in total. The van der Waals surface area contributed by atoms with Crippen molar-refractivity contribution in [3.05, 3.63) is 85.8 Å². The standard InChI is InChI=1S/C22H19Br2O6P/c1-22(28,31-29)15-10-17(23)20(18(24)11-15)30-16-5-6-19(25)14(9-16)8-12-3-2-4-13(7-12)21(26)27/h2-7,9-11,25,28H,8,31H2,1H3,(H,26,27). The van der Waals surface area contributed by atoms with Crippen LogP contribution in [0.2, 0.25) is 0 Å². The normalized spacial score (nSPS) is 13.3. The van der Waals surface area contributed by atoms with Gasteiger partial charge in [-0.1, -0.05) is 12.1 Å². The summed E-state index contributed by atoms with van der Waals surface area (Å²) in [4.78, 5) is 11.2. The van der Waals surface area contributed by atoms with Gasteiger partial charge in [0, 0.05) is 12.0 Å². The Labute approximate surface area is 197 Å². The molecular weight excluding hydrogens is 551 g/mol. The molecule has 9 heteroatoms. The van der Waals surface area contributed by atoms with Gasteiger partial charge in [-0.05, 0) is 92.4 Å². The molecule has 0 aliphatic heterocycles. The van der Waals surface area contributed by atoms with Gasteiger partial charge in [-0.15, -0.1) is 0 Å². The second kappa shape index (κ2) is 9.57. The van der Waals surface area contributed by atoms with Crippen molar-refractivity contribution in [2.24, 2.45) is 0 Å². The SMILES string of the molecule is CC(O)([PH2]=O)c1cc(Br)c(Oc2ccc(O)c(Cc3cccc(C(=O)O)c3)c2)c(Br)c1. The lowest BCUT2D eigenvalue weighted by Crippen LogP contribution is -2.12. The van der Waals surface area contributed by atoms with E-state index in [-0.39, 0.29) is 11.3 Å². The van der Waals surface area contributed by atoms with Crippen LogP contribution < -0.4 is 4.74 Å². The lowest BCUT2D eigenvalue weighted by Gasteiger charge is -2.19. The van der Waals surface area contributed by atoms with Crippen LogP contribution in [0.25, 0.3) is 0 Å². The molecule has 0 radical (unpaired) electrons. The number of aliphatic hydroxyl groups is 1. The van der Waals surface area contributed by atoms with Crippen molar-refractivity contribution in [2.45, 2.75) is 18.7 Å². The number of benzene rings is 3. The van der Waals surface area contributed by atoms with Crippen molar-refractivity contribution in [2.75, 3.05) is 0 Å². The monoisotopic (exact) mass is 568 g/mol. The Bertz CT molecular complexity index is 1140. The van der Waals surface area contributed by atoms with E-state index in [4.69, 9.17) is 9.84 Å². The molecule has 0 saturated heterocycles. The minimum atomic E-state index is -1.44. The molecule has 0 spiro atoms. The van der Waals surface area contributed by atoms with Gasteiger partial charge in [-0.3, -0.25) is 0 Å². The highest BCUT2D eigenvalue weighted by Crippen LogP contribution is 2.43. The molecular formula is C22H19Br2O6P. The molecule has 0 amide bonds. The number of hydrogen-bond donors (Lipinski definition) is 3. The minimum absolute atomic E-state index is 0.0658. The molecule has 31 heavy (non-hydrogen) atoms. The van der Waals surface area contributed by atoms with E-state index in [0.29, 0.717) is 38.0 Å². The fourth-order valence-corrected chi connectivity index (χ4v) is 4.59. The summed E-state index contributed by atoms with van der Waals surface area (Å²) < 4.78 is 18.4. The molecule has 0 bridgehead atoms. The summed E-state index contributed by atoms with van der Waals surface area (Å²) in [5.41, 5.74) is 1.96. The zero-order valence-corrected chi connectivity index (χ0v) is 20.6. The Hall–Kier alpha value is -2.12. The summed E-state index contributed by atoms with van der Waals surface area (Å²) in [6, 6.07) is 14.6. The quantitative estimate of drug-likeness (QED) is 0.305. The number of carbonyl (C=O) groups is 1. The van der Waals surface area contributed by atoms with E-state index in [2.05, 4.69) is 31.9 Å². The molecule has 3 rings (SSSR count). The summed E-state index contributed by atoms with van der Waals surface area (Å²) in [5.74, 6) is -0.0441. The Morgan fingerprint density at radius 2 is 1.77 bits per heavy atom. The number of carboxylic acids is 1. The van der Waals surface area contributed by atoms with Crippen LogP contribution in [0.15, 0.2) is 63.5 Å². The van der Waals surface area contributed by atoms with E-state index in [0.717, 1.165) is 5.56 Å². The first-order chi connectivity index (χ1) is 14.6. The Balaban J connectivity index is 1.90. The van der Waals surface area contributed by atoms with Crippen LogP contribution in [0, 0.1) is 0 Å². The predicted octanol–water partition coefficient (Wildman–Crippen LogP) is 5.92. The Morgan fingerprint density at radius 1 is 1.10 bits per heavy atom. The molecule has 0 aromatic heterocycles. The number of aromatic carboxylic acids is 1. The topological polar surface area (TPSA) is 104 Å². The van der Waals surface area contributed by atoms with Crippen LogP contribution in [-0.2, 0) is 16.3 Å². The number of phenols is 1. The maximum absolute atomic E-state index is 11.3. The van der Waals surface area contributed by atoms with Gasteiger partial charge >= 0.3 is 5.97 Å². The third-order valence-corrected chi connectivity index (χ3v) is 6.62. The average molecular weight is 570 g/mol. The third kappa shape index (κ3) is 5.57. The number of hydrogen-bond acceptors (Lipinski definition) is 5. The van der Waals surface area contributed by atoms with Gasteiger partial charge in [0.05, 0.1) is 23.0 Å². The third-order valence-electron chi connectivity index (χ3n) is 4.65. The first-order valence-electron chi connectivity index (χ1n) is 9.11. The second-order valence-corrected chi connectivity index (χ2v) is 10.2. The van der Waals surface area contributed by atoms with Crippen LogP contribution in [0.4, 0.5) is 0 Å². The molecule has 0 fully saturated rings. The van der Waals surface area contributed by atoms with E-state index >= 15 is 0 Å². The zero-order chi connectivity index (χ0) is 22.8. The number of halogens is 2. The summed E-state index contributed by atoms with van der Waals surface area (Å²) in [6.07, 6.45) is 0.320. The van der Waals surface area contributed by atoms with Crippen LogP contribution >= 0.6 is 40.3 Å². The van der Waals surface area contributed by atoms with Crippen molar-refractivity contribution in [1.82, 2.24) is 0 Å². The van der Waals surface area contributed by atoms with Crippen molar-refractivity contribution in [3.63, 3.8) is 0 Å². The van der Waals surface area contributed by atoms with Crippen molar-refractivity contribution < 1.29 is 29.4 Å². The van der Waals surface area contributed by atoms with Gasteiger partial charge in [0.1, 0.15) is 16.8 Å². The second-order valence-electron chi connectivity index (χ2n) is 7.11. The smallest absolute Gasteiger partial charge is 0.335 e. The minimum Gasteiger partial charge on any atom is -0.508 e. The van der Waals surface area contributed by atoms with Crippen LogP contribution in [0.5, 0.6) is 17.2 Å². The molecule has 2 unspecified atom stereocenters. The first kappa shape index (κ1) is 23.5. The van der Waals surface area contributed by atoms with Gasteiger partial charge in [0.25, 0.3) is 0 Å². The average Bonchev–Trinajstić information content (AvgIpc) is 2.73. The van der Waals surface area contributed by atoms with Crippen molar-refractivity contribution in [1.29, 1.82) is 0 Å². The van der Waals surface area contributed by atoms with Crippen LogP contribution in [0.3, 0.4) is 0 Å². The lowest BCUT2D eigenvalue weighted by molar-refractivity contribution is 0.0696. The highest BCUT2D eigenvalue weighted by atomic mass is 79.9. The fourth-order valence-electron chi connectivity index (χ4n) is 2.94. The van der Waals surface area contributed by atoms with Gasteiger partial charge in [0.15, 0.2) is 5.75 Å². The van der Waals surface area contributed by atoms with Crippen LogP contribution in [0.1, 0.15) is 34.0 Å². The molecule has 3 aromatic rings. The van der Waals surface area contributed by atoms with E-state index in [1.807, 2.05) is 0 Å². The zero-order valence-electron chi connectivity index (χ0n) is 16.3.